The summed E-state index contributed by atoms with van der Waals surface area (Å²) in [7, 11) is 0. The van der Waals surface area contributed by atoms with Crippen LogP contribution in [0.1, 0.15) is 20.8 Å². The van der Waals surface area contributed by atoms with Gasteiger partial charge < -0.3 is 16.4 Å². The molecule has 0 aliphatic carbocycles. The van der Waals surface area contributed by atoms with Crippen LogP contribution in [0.2, 0.25) is 0 Å². The number of halogens is 1. The van der Waals surface area contributed by atoms with E-state index in [0.717, 1.165) is 0 Å². The third kappa shape index (κ3) is 4.18. The highest BCUT2D eigenvalue weighted by atomic mass is 79.9. The third-order valence-corrected chi connectivity index (χ3v) is 2.52. The highest BCUT2D eigenvalue weighted by molar-refractivity contribution is 9.10. The molecule has 0 aromatic carbocycles. The van der Waals surface area contributed by atoms with E-state index in [0.29, 0.717) is 10.3 Å². The Bertz CT molecular complexity index is 410. The van der Waals surface area contributed by atoms with E-state index in [4.69, 9.17) is 5.73 Å². The van der Waals surface area contributed by atoms with Crippen LogP contribution < -0.4 is 16.4 Å². The predicted molar refractivity (Wildman–Crippen MR) is 70.5 cm³/mol. The number of carbonyl (C=O) groups excluding carboxylic acids is 1. The van der Waals surface area contributed by atoms with Crippen molar-refractivity contribution in [3.05, 3.63) is 10.7 Å². The van der Waals surface area contributed by atoms with Crippen LogP contribution in [-0.2, 0) is 4.79 Å². The lowest BCUT2D eigenvalue weighted by Gasteiger charge is -2.17. The fraction of sp³-hybridized carbons (Fsp3) is 0.500. The first kappa shape index (κ1) is 13.7. The maximum absolute atomic E-state index is 11.7. The minimum absolute atomic E-state index is 0.0934. The minimum Gasteiger partial charge on any atom is -0.368 e. The van der Waals surface area contributed by atoms with Crippen LogP contribution in [0.15, 0.2) is 10.7 Å². The lowest BCUT2D eigenvalue weighted by molar-refractivity contribution is -0.122. The molecule has 1 heterocycles. The van der Waals surface area contributed by atoms with Crippen LogP contribution in [0.5, 0.6) is 0 Å². The van der Waals surface area contributed by atoms with E-state index < -0.39 is 6.04 Å². The molecule has 1 unspecified atom stereocenters. The van der Waals surface area contributed by atoms with E-state index in [1.807, 2.05) is 13.8 Å². The molecule has 1 rings (SSSR count). The van der Waals surface area contributed by atoms with Gasteiger partial charge >= 0.3 is 0 Å². The molecule has 17 heavy (non-hydrogen) atoms. The van der Waals surface area contributed by atoms with Gasteiger partial charge in [0, 0.05) is 12.2 Å². The Morgan fingerprint density at radius 2 is 2.12 bits per heavy atom. The van der Waals surface area contributed by atoms with E-state index >= 15 is 0 Å². The number of rotatable bonds is 4. The van der Waals surface area contributed by atoms with Gasteiger partial charge in [0.15, 0.2) is 0 Å². The van der Waals surface area contributed by atoms with Gasteiger partial charge in [0.25, 0.3) is 0 Å². The first-order valence-corrected chi connectivity index (χ1v) is 6.04. The Balaban J connectivity index is 2.70. The summed E-state index contributed by atoms with van der Waals surface area (Å²) in [5.41, 5.74) is 5.48. The van der Waals surface area contributed by atoms with Crippen molar-refractivity contribution in [3.63, 3.8) is 0 Å². The van der Waals surface area contributed by atoms with Gasteiger partial charge in [-0.2, -0.15) is 4.98 Å². The molecule has 1 aromatic rings. The van der Waals surface area contributed by atoms with E-state index in [9.17, 15) is 4.79 Å². The summed E-state index contributed by atoms with van der Waals surface area (Å²) in [5.74, 6) is 0.570. The molecular formula is C10H16BrN5O. The fourth-order valence-corrected chi connectivity index (χ4v) is 1.47. The molecule has 0 bridgehead atoms. The number of nitrogens with one attached hydrogen (secondary N) is 2. The molecule has 1 amide bonds. The first-order chi connectivity index (χ1) is 7.90. The van der Waals surface area contributed by atoms with Gasteiger partial charge in [-0.05, 0) is 36.7 Å². The summed E-state index contributed by atoms with van der Waals surface area (Å²) in [5, 5.41) is 5.77. The molecular weight excluding hydrogens is 286 g/mol. The van der Waals surface area contributed by atoms with Gasteiger partial charge in [-0.15, -0.1) is 0 Å². The van der Waals surface area contributed by atoms with Crippen molar-refractivity contribution in [2.75, 3.05) is 11.1 Å². The summed E-state index contributed by atoms with van der Waals surface area (Å²) in [4.78, 5) is 19.5. The highest BCUT2D eigenvalue weighted by Crippen LogP contribution is 2.19. The van der Waals surface area contributed by atoms with Crippen LogP contribution >= 0.6 is 15.9 Å². The topological polar surface area (TPSA) is 92.9 Å². The Hall–Kier alpha value is -1.37. The van der Waals surface area contributed by atoms with Crippen LogP contribution in [0, 0.1) is 0 Å². The molecule has 0 saturated heterocycles. The van der Waals surface area contributed by atoms with Gasteiger partial charge in [-0.1, -0.05) is 0 Å². The predicted octanol–water partition coefficient (Wildman–Crippen LogP) is 1.15. The van der Waals surface area contributed by atoms with E-state index in [1.165, 1.54) is 6.20 Å². The quantitative estimate of drug-likeness (QED) is 0.776. The van der Waals surface area contributed by atoms with E-state index in [2.05, 4.69) is 36.5 Å². The number of nitrogen functional groups attached to an aromatic ring is 1. The zero-order valence-corrected chi connectivity index (χ0v) is 11.6. The zero-order valence-electron chi connectivity index (χ0n) is 9.99. The van der Waals surface area contributed by atoms with Crippen LogP contribution in [0.25, 0.3) is 0 Å². The first-order valence-electron chi connectivity index (χ1n) is 5.25. The SMILES string of the molecule is CC(C)NC(=O)C(C)Nc1nc(N)ncc1Br. The van der Waals surface area contributed by atoms with Crippen molar-refractivity contribution in [1.29, 1.82) is 0 Å². The van der Waals surface area contributed by atoms with Crippen molar-refractivity contribution >= 4 is 33.6 Å². The van der Waals surface area contributed by atoms with Crippen molar-refractivity contribution in [2.24, 2.45) is 0 Å². The number of carbonyl (C=O) groups is 1. The molecule has 1 atom stereocenters. The van der Waals surface area contributed by atoms with Crippen molar-refractivity contribution < 1.29 is 4.79 Å². The van der Waals surface area contributed by atoms with E-state index in [-0.39, 0.29) is 17.9 Å². The zero-order chi connectivity index (χ0) is 13.0. The monoisotopic (exact) mass is 301 g/mol. The van der Waals surface area contributed by atoms with Crippen molar-refractivity contribution in [3.8, 4) is 0 Å². The molecule has 1 aromatic heterocycles. The molecule has 4 N–H and O–H groups in total. The average Bonchev–Trinajstić information content (AvgIpc) is 2.22. The largest absolute Gasteiger partial charge is 0.368 e. The summed E-state index contributed by atoms with van der Waals surface area (Å²) in [6.07, 6.45) is 1.54. The summed E-state index contributed by atoms with van der Waals surface area (Å²) < 4.78 is 0.663. The van der Waals surface area contributed by atoms with Crippen LogP contribution in [0.4, 0.5) is 11.8 Å². The summed E-state index contributed by atoms with van der Waals surface area (Å²) >= 11 is 3.28. The number of hydrogen-bond donors (Lipinski definition) is 3. The maximum atomic E-state index is 11.7. The lowest BCUT2D eigenvalue weighted by Crippen LogP contribution is -2.41. The normalized spacial score (nSPS) is 12.3. The number of nitrogens with two attached hydrogens (primary N) is 1. The van der Waals surface area contributed by atoms with Gasteiger partial charge in [0.1, 0.15) is 11.9 Å². The number of anilines is 2. The lowest BCUT2D eigenvalue weighted by atomic mass is 10.3. The van der Waals surface area contributed by atoms with Crippen molar-refractivity contribution in [1.82, 2.24) is 15.3 Å². The number of aromatic nitrogens is 2. The Kier molecular flexibility index (Phi) is 4.68. The second kappa shape index (κ2) is 5.81. The van der Waals surface area contributed by atoms with Crippen molar-refractivity contribution in [2.45, 2.75) is 32.9 Å². The second-order valence-electron chi connectivity index (χ2n) is 3.95. The van der Waals surface area contributed by atoms with Gasteiger partial charge in [0.05, 0.1) is 4.47 Å². The Labute approximate surface area is 109 Å². The molecule has 0 aliphatic heterocycles. The number of nitrogens with zero attached hydrogens (tertiary/aromatic N) is 2. The second-order valence-corrected chi connectivity index (χ2v) is 4.81. The highest BCUT2D eigenvalue weighted by Gasteiger charge is 2.15. The van der Waals surface area contributed by atoms with Gasteiger partial charge in [-0.25, -0.2) is 4.98 Å². The van der Waals surface area contributed by atoms with E-state index in [1.54, 1.807) is 6.92 Å². The average molecular weight is 302 g/mol. The Morgan fingerprint density at radius 1 is 1.47 bits per heavy atom. The molecule has 7 heteroatoms. The van der Waals surface area contributed by atoms with Crippen LogP contribution in [-0.4, -0.2) is 28.0 Å². The summed E-state index contributed by atoms with van der Waals surface area (Å²) in [6, 6.07) is -0.298. The number of hydrogen-bond acceptors (Lipinski definition) is 5. The standard InChI is InChI=1S/C10H16BrN5O/c1-5(2)14-9(17)6(3)15-8-7(11)4-13-10(12)16-8/h4-6H,1-3H3,(H,14,17)(H3,12,13,15,16). The molecule has 6 nitrogen and oxygen atoms in total. The molecule has 0 saturated carbocycles. The molecule has 0 radical (unpaired) electrons. The molecule has 94 valence electrons. The number of amides is 1. The third-order valence-electron chi connectivity index (χ3n) is 1.94. The fourth-order valence-electron chi connectivity index (χ4n) is 1.16. The summed E-state index contributed by atoms with van der Waals surface area (Å²) in [6.45, 7) is 5.56. The van der Waals surface area contributed by atoms with Crippen LogP contribution in [0.3, 0.4) is 0 Å². The maximum Gasteiger partial charge on any atom is 0.242 e. The van der Waals surface area contributed by atoms with Gasteiger partial charge in [0.2, 0.25) is 11.9 Å². The van der Waals surface area contributed by atoms with Gasteiger partial charge in [-0.3, -0.25) is 4.79 Å². The molecule has 0 fully saturated rings. The minimum atomic E-state index is -0.400. The smallest absolute Gasteiger partial charge is 0.242 e. The Morgan fingerprint density at radius 3 is 2.71 bits per heavy atom. The molecule has 0 spiro atoms. The molecule has 0 aliphatic rings.